The van der Waals surface area contributed by atoms with E-state index in [4.69, 9.17) is 23.2 Å². The number of benzene rings is 2. The summed E-state index contributed by atoms with van der Waals surface area (Å²) in [6.45, 7) is 1.75. The van der Waals surface area contributed by atoms with Crippen molar-refractivity contribution in [3.8, 4) is 5.69 Å². The first-order chi connectivity index (χ1) is 17.6. The Hall–Kier alpha value is -3.90. The van der Waals surface area contributed by atoms with Crippen LogP contribution in [0.2, 0.25) is 10.0 Å². The van der Waals surface area contributed by atoms with E-state index in [1.54, 1.807) is 41.8 Å². The summed E-state index contributed by atoms with van der Waals surface area (Å²) in [5, 5.41) is 4.36. The summed E-state index contributed by atoms with van der Waals surface area (Å²) in [6, 6.07) is 10.5. The Balaban J connectivity index is 1.59. The molecule has 14 heteroatoms. The molecule has 0 saturated heterocycles. The van der Waals surface area contributed by atoms with E-state index >= 15 is 0 Å². The van der Waals surface area contributed by atoms with Gasteiger partial charge in [0.15, 0.2) is 11.3 Å². The first kappa shape index (κ1) is 24.8. The lowest BCUT2D eigenvalue weighted by Crippen LogP contribution is -2.33. The molecule has 0 aliphatic carbocycles. The molecule has 8 nitrogen and oxygen atoms in total. The molecule has 0 bridgehead atoms. The zero-order valence-electron chi connectivity index (χ0n) is 18.6. The normalized spacial score (nSPS) is 12.7. The van der Waals surface area contributed by atoms with Gasteiger partial charge in [0.05, 0.1) is 27.3 Å². The Morgan fingerprint density at radius 1 is 1.11 bits per heavy atom. The van der Waals surface area contributed by atoms with Crippen LogP contribution in [0.15, 0.2) is 55.1 Å². The third-order valence-electron chi connectivity index (χ3n) is 5.46. The highest BCUT2D eigenvalue weighted by Crippen LogP contribution is 2.41. The largest absolute Gasteiger partial charge is 0.493 e. The topological polar surface area (TPSA) is 86.9 Å². The Morgan fingerprint density at radius 2 is 1.86 bits per heavy atom. The fourth-order valence-electron chi connectivity index (χ4n) is 3.95. The fourth-order valence-corrected chi connectivity index (χ4v) is 4.71. The van der Waals surface area contributed by atoms with Crippen molar-refractivity contribution < 1.29 is 27.2 Å². The van der Waals surface area contributed by atoms with Crippen molar-refractivity contribution >= 4 is 57.1 Å². The number of imidazole rings is 1. The minimum atomic E-state index is -5.21. The molecule has 3 heterocycles. The van der Waals surface area contributed by atoms with Crippen LogP contribution in [0.4, 0.5) is 23.4 Å². The number of fused-ring (bicyclic) bond motifs is 2. The Bertz CT molecular complexity index is 1670. The average Bonchev–Trinajstić information content (AvgIpc) is 3.38. The summed E-state index contributed by atoms with van der Waals surface area (Å²) in [4.78, 5) is 27.6. The molecular formula is C23H14Cl2F4N6O2. The van der Waals surface area contributed by atoms with E-state index in [-0.39, 0.29) is 17.0 Å². The second kappa shape index (κ2) is 9.20. The zero-order chi connectivity index (χ0) is 26.5. The number of rotatable bonds is 5. The molecule has 190 valence electrons. The Labute approximate surface area is 215 Å². The predicted molar refractivity (Wildman–Crippen MR) is 128 cm³/mol. The van der Waals surface area contributed by atoms with Crippen LogP contribution in [0, 0.1) is 5.82 Å². The van der Waals surface area contributed by atoms with Crippen molar-refractivity contribution in [3.05, 3.63) is 76.7 Å². The van der Waals surface area contributed by atoms with Gasteiger partial charge in [-0.15, -0.1) is 4.73 Å². The van der Waals surface area contributed by atoms with Gasteiger partial charge in [-0.2, -0.15) is 13.2 Å². The van der Waals surface area contributed by atoms with Crippen molar-refractivity contribution in [1.82, 2.24) is 24.2 Å². The third kappa shape index (κ3) is 4.42. The number of carbonyl (C=O) groups excluding carboxylic acids is 1. The maximum atomic E-state index is 14.1. The van der Waals surface area contributed by atoms with Crippen LogP contribution < -0.4 is 10.2 Å². The van der Waals surface area contributed by atoms with Gasteiger partial charge in [-0.1, -0.05) is 35.3 Å². The lowest BCUT2D eigenvalue weighted by molar-refractivity contribution is -0.199. The number of anilines is 1. The number of nitrogens with one attached hydrogen (secondary N) is 1. The number of hydrogen-bond acceptors (Lipinski definition) is 6. The van der Waals surface area contributed by atoms with E-state index < -0.39 is 24.0 Å². The first-order valence-electron chi connectivity index (χ1n) is 10.5. The van der Waals surface area contributed by atoms with Gasteiger partial charge in [0, 0.05) is 11.1 Å². The molecule has 0 aliphatic heterocycles. The van der Waals surface area contributed by atoms with E-state index in [1.165, 1.54) is 12.1 Å². The van der Waals surface area contributed by atoms with Crippen molar-refractivity contribution in [3.63, 3.8) is 0 Å². The summed E-state index contributed by atoms with van der Waals surface area (Å²) in [7, 11) is 0. The maximum absolute atomic E-state index is 14.1. The highest BCUT2D eigenvalue weighted by atomic mass is 35.5. The molecule has 0 aliphatic rings. The maximum Gasteiger partial charge on any atom is 0.493 e. The average molecular weight is 553 g/mol. The van der Waals surface area contributed by atoms with Gasteiger partial charge in [0.2, 0.25) is 5.65 Å². The summed E-state index contributed by atoms with van der Waals surface area (Å²) < 4.78 is 54.3. The molecule has 1 N–H and O–H groups in total. The second-order valence-electron chi connectivity index (χ2n) is 7.86. The molecule has 37 heavy (non-hydrogen) atoms. The van der Waals surface area contributed by atoms with Crippen LogP contribution in [0.1, 0.15) is 18.7 Å². The van der Waals surface area contributed by atoms with E-state index in [0.717, 1.165) is 12.7 Å². The number of halogens is 6. The van der Waals surface area contributed by atoms with Gasteiger partial charge < -0.3 is 14.7 Å². The van der Waals surface area contributed by atoms with E-state index in [2.05, 4.69) is 25.1 Å². The van der Waals surface area contributed by atoms with Gasteiger partial charge in [0.1, 0.15) is 18.5 Å². The summed E-state index contributed by atoms with van der Waals surface area (Å²) in [5.74, 6) is -2.77. The van der Waals surface area contributed by atoms with Crippen molar-refractivity contribution in [2.24, 2.45) is 0 Å². The molecule has 0 amide bonds. The summed E-state index contributed by atoms with van der Waals surface area (Å²) in [5.41, 5.74) is 1.47. The SMILES string of the molecule is CC(Nc1ncnc2c1ncn2OC(=O)C(F)(F)F)c1c(Cl)c2c(Cl)cccc2n1-c1cccc(F)c1. The predicted octanol–water partition coefficient (Wildman–Crippen LogP) is 5.91. The number of hydrogen-bond donors (Lipinski definition) is 1. The highest BCUT2D eigenvalue weighted by molar-refractivity contribution is 6.43. The molecule has 1 atom stereocenters. The van der Waals surface area contributed by atoms with E-state index in [1.807, 2.05) is 0 Å². The minimum absolute atomic E-state index is 0.0342. The molecule has 0 fully saturated rings. The van der Waals surface area contributed by atoms with Crippen LogP contribution in [0.5, 0.6) is 0 Å². The number of alkyl halides is 3. The molecule has 0 spiro atoms. The number of nitrogens with zero attached hydrogens (tertiary/aromatic N) is 5. The lowest BCUT2D eigenvalue weighted by Gasteiger charge is -2.19. The molecule has 5 aromatic rings. The summed E-state index contributed by atoms with van der Waals surface area (Å²) in [6.07, 6.45) is -3.27. The van der Waals surface area contributed by atoms with Crippen LogP contribution >= 0.6 is 23.2 Å². The quantitative estimate of drug-likeness (QED) is 0.273. The highest BCUT2D eigenvalue weighted by Gasteiger charge is 2.42. The molecular weight excluding hydrogens is 539 g/mol. The van der Waals surface area contributed by atoms with Gasteiger partial charge in [-0.25, -0.2) is 24.1 Å². The third-order valence-corrected chi connectivity index (χ3v) is 6.16. The van der Waals surface area contributed by atoms with E-state index in [0.29, 0.717) is 37.1 Å². The monoisotopic (exact) mass is 552 g/mol. The van der Waals surface area contributed by atoms with Gasteiger partial charge >= 0.3 is 12.1 Å². The van der Waals surface area contributed by atoms with Crippen LogP contribution in [-0.4, -0.2) is 36.4 Å². The Morgan fingerprint density at radius 3 is 2.59 bits per heavy atom. The summed E-state index contributed by atoms with van der Waals surface area (Å²) >= 11 is 13.2. The smallest absolute Gasteiger partial charge is 0.360 e. The van der Waals surface area contributed by atoms with Crippen LogP contribution in [0.25, 0.3) is 27.8 Å². The van der Waals surface area contributed by atoms with Crippen molar-refractivity contribution in [2.45, 2.75) is 19.1 Å². The molecule has 0 radical (unpaired) electrons. The lowest BCUT2D eigenvalue weighted by atomic mass is 10.2. The Kier molecular flexibility index (Phi) is 6.16. The van der Waals surface area contributed by atoms with Gasteiger partial charge in [-0.3, -0.25) is 0 Å². The number of aromatic nitrogens is 5. The molecule has 1 unspecified atom stereocenters. The molecule has 3 aromatic heterocycles. The molecule has 5 rings (SSSR count). The molecule has 0 saturated carbocycles. The van der Waals surface area contributed by atoms with Crippen molar-refractivity contribution in [1.29, 1.82) is 0 Å². The van der Waals surface area contributed by atoms with Gasteiger partial charge in [-0.05, 0) is 37.3 Å². The standard InChI is InChI=1S/C23H14Cl2F4N6O2/c1-11(33-20-18-21(31-9-30-20)34(10-32-18)37-22(36)23(27,28)29)19-17(25)16-14(24)6-3-7-15(16)35(19)13-5-2-4-12(26)8-13/h2-11H,1H3,(H,30,31,33). The van der Waals surface area contributed by atoms with Crippen LogP contribution in [0.3, 0.4) is 0 Å². The molecule has 2 aromatic carbocycles. The fraction of sp³-hybridized carbons (Fsp3) is 0.130. The zero-order valence-corrected chi connectivity index (χ0v) is 20.1. The second-order valence-corrected chi connectivity index (χ2v) is 8.64. The van der Waals surface area contributed by atoms with Crippen molar-refractivity contribution in [2.75, 3.05) is 5.32 Å². The van der Waals surface area contributed by atoms with Crippen LogP contribution in [-0.2, 0) is 4.79 Å². The minimum Gasteiger partial charge on any atom is -0.360 e. The van der Waals surface area contributed by atoms with E-state index in [9.17, 15) is 22.4 Å². The number of carbonyl (C=O) groups is 1. The first-order valence-corrected chi connectivity index (χ1v) is 11.3. The van der Waals surface area contributed by atoms with Gasteiger partial charge in [0.25, 0.3) is 0 Å².